The van der Waals surface area contributed by atoms with Gasteiger partial charge in [-0.3, -0.25) is 9.52 Å². The molecule has 5 nitrogen and oxygen atoms in total. The number of hydrogen-bond acceptors (Lipinski definition) is 3. The van der Waals surface area contributed by atoms with Crippen molar-refractivity contribution in [1.29, 1.82) is 0 Å². The molecular weight excluding hydrogens is 366 g/mol. The highest BCUT2D eigenvalue weighted by Gasteiger charge is 2.17. The van der Waals surface area contributed by atoms with Gasteiger partial charge in [0.05, 0.1) is 16.3 Å². The first-order valence-electron chi connectivity index (χ1n) is 6.23. The summed E-state index contributed by atoms with van der Waals surface area (Å²) in [6.45, 7) is 1.21. The van der Waals surface area contributed by atoms with Crippen molar-refractivity contribution in [2.24, 2.45) is 0 Å². The molecule has 0 aliphatic rings. The zero-order valence-electron chi connectivity index (χ0n) is 11.7. The molecule has 0 fully saturated rings. The van der Waals surface area contributed by atoms with Gasteiger partial charge in [-0.05, 0) is 36.4 Å². The van der Waals surface area contributed by atoms with E-state index in [-0.39, 0.29) is 26.3 Å². The number of hydrogen-bond donors (Lipinski definition) is 2. The van der Waals surface area contributed by atoms with Crippen LogP contribution in [0.25, 0.3) is 0 Å². The first kappa shape index (κ1) is 17.5. The number of amides is 1. The lowest BCUT2D eigenvalue weighted by atomic mass is 10.2. The van der Waals surface area contributed by atoms with Gasteiger partial charge >= 0.3 is 0 Å². The van der Waals surface area contributed by atoms with E-state index in [0.29, 0.717) is 0 Å². The summed E-state index contributed by atoms with van der Waals surface area (Å²) in [6, 6.07) is 7.29. The van der Waals surface area contributed by atoms with Crippen molar-refractivity contribution in [3.63, 3.8) is 0 Å². The normalized spacial score (nSPS) is 11.1. The van der Waals surface area contributed by atoms with Crippen LogP contribution in [-0.4, -0.2) is 14.3 Å². The van der Waals surface area contributed by atoms with Gasteiger partial charge < -0.3 is 5.32 Å². The van der Waals surface area contributed by atoms with Gasteiger partial charge in [0.1, 0.15) is 5.82 Å². The number of carbonyl (C=O) groups excluding carboxylic acids is 1. The van der Waals surface area contributed by atoms with E-state index in [1.807, 2.05) is 0 Å². The van der Waals surface area contributed by atoms with E-state index < -0.39 is 21.7 Å². The van der Waals surface area contributed by atoms with Gasteiger partial charge in [0.25, 0.3) is 10.0 Å². The second-order valence-electron chi connectivity index (χ2n) is 4.59. The Labute approximate surface area is 142 Å². The van der Waals surface area contributed by atoms with E-state index in [9.17, 15) is 17.6 Å². The molecule has 122 valence electrons. The SMILES string of the molecule is CC(=O)Nc1cc(NS(=O)(=O)c2cc(Cl)cc(Cl)c2)ccc1F. The largest absolute Gasteiger partial charge is 0.324 e. The fraction of sp³-hybridized carbons (Fsp3) is 0.0714. The molecule has 9 heteroatoms. The summed E-state index contributed by atoms with van der Waals surface area (Å²) >= 11 is 11.6. The van der Waals surface area contributed by atoms with E-state index in [1.54, 1.807) is 0 Å². The average molecular weight is 377 g/mol. The Bertz CT molecular complexity index is 852. The molecule has 2 aromatic carbocycles. The number of anilines is 2. The molecule has 0 atom stereocenters. The Kier molecular flexibility index (Phi) is 5.13. The minimum absolute atomic E-state index is 0.0752. The first-order valence-corrected chi connectivity index (χ1v) is 8.47. The molecule has 23 heavy (non-hydrogen) atoms. The number of nitrogens with one attached hydrogen (secondary N) is 2. The molecule has 0 saturated carbocycles. The van der Waals surface area contributed by atoms with E-state index >= 15 is 0 Å². The van der Waals surface area contributed by atoms with Crippen LogP contribution in [0.5, 0.6) is 0 Å². The van der Waals surface area contributed by atoms with Gasteiger partial charge in [-0.25, -0.2) is 12.8 Å². The van der Waals surface area contributed by atoms with Crippen LogP contribution in [0.4, 0.5) is 15.8 Å². The molecule has 0 saturated heterocycles. The molecule has 0 aliphatic carbocycles. The molecule has 2 aromatic rings. The average Bonchev–Trinajstić information content (AvgIpc) is 2.40. The fourth-order valence-corrected chi connectivity index (χ4v) is 3.55. The van der Waals surface area contributed by atoms with Crippen LogP contribution in [0.1, 0.15) is 6.92 Å². The van der Waals surface area contributed by atoms with Gasteiger partial charge in [0.2, 0.25) is 5.91 Å². The number of benzene rings is 2. The highest BCUT2D eigenvalue weighted by Crippen LogP contribution is 2.26. The van der Waals surface area contributed by atoms with Crippen LogP contribution in [0.3, 0.4) is 0 Å². The molecule has 0 unspecified atom stereocenters. The maximum absolute atomic E-state index is 13.6. The topological polar surface area (TPSA) is 75.3 Å². The minimum atomic E-state index is -3.97. The standard InChI is InChI=1S/C14H11Cl2FN2O3S/c1-8(20)18-14-7-11(2-3-13(14)17)19-23(21,22)12-5-9(15)4-10(16)6-12/h2-7,19H,1H3,(H,18,20). The quantitative estimate of drug-likeness (QED) is 0.849. The third-order valence-corrected chi connectivity index (χ3v) is 4.47. The molecule has 0 heterocycles. The molecule has 0 radical (unpaired) electrons. The summed E-state index contributed by atoms with van der Waals surface area (Å²) in [6.07, 6.45) is 0. The van der Waals surface area contributed by atoms with Crippen LogP contribution >= 0.6 is 23.2 Å². The zero-order valence-corrected chi connectivity index (χ0v) is 14.1. The molecular formula is C14H11Cl2FN2O3S. The van der Waals surface area contributed by atoms with Crippen molar-refractivity contribution in [3.05, 3.63) is 52.3 Å². The molecule has 0 bridgehead atoms. The molecule has 0 aliphatic heterocycles. The van der Waals surface area contributed by atoms with E-state index in [2.05, 4.69) is 10.0 Å². The van der Waals surface area contributed by atoms with E-state index in [4.69, 9.17) is 23.2 Å². The summed E-state index contributed by atoms with van der Waals surface area (Å²) in [5, 5.41) is 2.59. The maximum Gasteiger partial charge on any atom is 0.261 e. The smallest absolute Gasteiger partial charge is 0.261 e. The van der Waals surface area contributed by atoms with Crippen molar-refractivity contribution in [3.8, 4) is 0 Å². The number of halogens is 3. The van der Waals surface area contributed by atoms with Gasteiger partial charge in [0.15, 0.2) is 0 Å². The Balaban J connectivity index is 2.35. The molecule has 0 spiro atoms. The number of rotatable bonds is 4. The van der Waals surface area contributed by atoms with E-state index in [1.165, 1.54) is 37.3 Å². The van der Waals surface area contributed by atoms with E-state index in [0.717, 1.165) is 6.07 Å². The van der Waals surface area contributed by atoms with Crippen molar-refractivity contribution >= 4 is 50.5 Å². The molecule has 2 N–H and O–H groups in total. The third kappa shape index (κ3) is 4.57. The second kappa shape index (κ2) is 6.74. The van der Waals surface area contributed by atoms with Crippen LogP contribution in [-0.2, 0) is 14.8 Å². The highest BCUT2D eigenvalue weighted by atomic mass is 35.5. The van der Waals surface area contributed by atoms with Crippen LogP contribution < -0.4 is 10.0 Å². The molecule has 1 amide bonds. The third-order valence-electron chi connectivity index (χ3n) is 2.68. The summed E-state index contributed by atoms with van der Waals surface area (Å²) in [7, 11) is -3.97. The number of sulfonamides is 1. The highest BCUT2D eigenvalue weighted by molar-refractivity contribution is 7.92. The van der Waals surface area contributed by atoms with Crippen molar-refractivity contribution in [1.82, 2.24) is 0 Å². The van der Waals surface area contributed by atoms with Crippen molar-refractivity contribution in [2.45, 2.75) is 11.8 Å². The predicted octanol–water partition coefficient (Wildman–Crippen LogP) is 3.89. The van der Waals surface area contributed by atoms with Gasteiger partial charge in [0, 0.05) is 17.0 Å². The summed E-state index contributed by atoms with van der Waals surface area (Å²) in [4.78, 5) is 10.9. The predicted molar refractivity (Wildman–Crippen MR) is 88.0 cm³/mol. The fourth-order valence-electron chi connectivity index (χ4n) is 1.77. The van der Waals surface area contributed by atoms with Crippen molar-refractivity contribution < 1.29 is 17.6 Å². The van der Waals surface area contributed by atoms with Crippen molar-refractivity contribution in [2.75, 3.05) is 10.0 Å². The van der Waals surface area contributed by atoms with Crippen LogP contribution in [0.15, 0.2) is 41.3 Å². The van der Waals surface area contributed by atoms with Gasteiger partial charge in [-0.1, -0.05) is 23.2 Å². The maximum atomic E-state index is 13.6. The lowest BCUT2D eigenvalue weighted by Gasteiger charge is -2.11. The van der Waals surface area contributed by atoms with Gasteiger partial charge in [-0.2, -0.15) is 0 Å². The Morgan fingerprint density at radius 3 is 2.26 bits per heavy atom. The Hall–Kier alpha value is -1.83. The zero-order chi connectivity index (χ0) is 17.2. The Morgan fingerprint density at radius 1 is 1.09 bits per heavy atom. The van der Waals surface area contributed by atoms with Crippen LogP contribution in [0.2, 0.25) is 10.0 Å². The lowest BCUT2D eigenvalue weighted by molar-refractivity contribution is -0.114. The molecule has 0 aromatic heterocycles. The van der Waals surface area contributed by atoms with Crippen LogP contribution in [0, 0.1) is 5.82 Å². The summed E-state index contributed by atoms with van der Waals surface area (Å²) in [5.41, 5.74) is -0.0620. The number of carbonyl (C=O) groups is 1. The minimum Gasteiger partial charge on any atom is -0.324 e. The first-order chi connectivity index (χ1) is 10.7. The summed E-state index contributed by atoms with van der Waals surface area (Å²) < 4.78 is 40.5. The molecule has 2 rings (SSSR count). The van der Waals surface area contributed by atoms with Gasteiger partial charge in [-0.15, -0.1) is 0 Å². The Morgan fingerprint density at radius 2 is 1.70 bits per heavy atom. The second-order valence-corrected chi connectivity index (χ2v) is 7.14. The monoisotopic (exact) mass is 376 g/mol. The summed E-state index contributed by atoms with van der Waals surface area (Å²) in [5.74, 6) is -1.17. The lowest BCUT2D eigenvalue weighted by Crippen LogP contribution is -2.14.